The fourth-order valence-electron chi connectivity index (χ4n) is 1.68. The van der Waals surface area contributed by atoms with Crippen molar-refractivity contribution in [1.29, 1.82) is 0 Å². The van der Waals surface area contributed by atoms with Crippen molar-refractivity contribution >= 4 is 29.6 Å². The Morgan fingerprint density at radius 2 is 1.91 bits per heavy atom. The molecule has 0 aliphatic carbocycles. The summed E-state index contributed by atoms with van der Waals surface area (Å²) in [6.45, 7) is 0. The van der Waals surface area contributed by atoms with Gasteiger partial charge in [0.2, 0.25) is 5.88 Å². The van der Waals surface area contributed by atoms with Gasteiger partial charge in [-0.15, -0.1) is 0 Å². The number of aromatic nitrogens is 2. The minimum atomic E-state index is -0.796. The maximum atomic E-state index is 12.0. The topological polar surface area (TPSA) is 162 Å². The minimum absolute atomic E-state index is 0.0834. The molecule has 1 aromatic heterocycles. The molecule has 1 aromatic carbocycles. The highest BCUT2D eigenvalue weighted by Crippen LogP contribution is 2.13. The van der Waals surface area contributed by atoms with Crippen molar-refractivity contribution in [2.24, 2.45) is 16.7 Å². The summed E-state index contributed by atoms with van der Waals surface area (Å²) >= 11 is 4.68. The average molecular weight is 320 g/mol. The highest BCUT2D eigenvalue weighted by Gasteiger charge is 2.17. The molecule has 1 amide bonds. The summed E-state index contributed by atoms with van der Waals surface area (Å²) in [5.41, 5.74) is 5.23. The van der Waals surface area contributed by atoms with Gasteiger partial charge in [0.1, 0.15) is 5.84 Å². The Kier molecular flexibility index (Phi) is 4.23. The van der Waals surface area contributed by atoms with Gasteiger partial charge in [0.25, 0.3) is 11.5 Å². The van der Waals surface area contributed by atoms with E-state index < -0.39 is 22.9 Å². The first-order valence-corrected chi connectivity index (χ1v) is 6.34. The van der Waals surface area contributed by atoms with Gasteiger partial charge in [-0.25, -0.2) is 0 Å². The standard InChI is InChI=1S/C12H12N6O3S/c13-8(18-14)5-1-3-6(4-2-5)15-9(19)7-10(20)16-12(22)17-11(7)21/h1-4H,14H2,(H2,13,18)(H,15,19)(H3,16,17,20,21,22). The lowest BCUT2D eigenvalue weighted by Gasteiger charge is -2.07. The minimum Gasteiger partial charge on any atom is -0.494 e. The van der Waals surface area contributed by atoms with Gasteiger partial charge >= 0.3 is 0 Å². The number of nitrogens with zero attached hydrogens (tertiary/aromatic N) is 1. The average Bonchev–Trinajstić information content (AvgIpc) is 2.46. The Balaban J connectivity index is 2.26. The number of rotatable bonds is 3. The Morgan fingerprint density at radius 1 is 1.27 bits per heavy atom. The van der Waals surface area contributed by atoms with Crippen LogP contribution in [0.5, 0.6) is 5.88 Å². The summed E-state index contributed by atoms with van der Waals surface area (Å²) in [5.74, 6) is 3.80. The van der Waals surface area contributed by atoms with E-state index in [1.807, 2.05) is 0 Å². The van der Waals surface area contributed by atoms with Gasteiger partial charge in [-0.2, -0.15) is 5.10 Å². The summed E-state index contributed by atoms with van der Waals surface area (Å²) in [6.07, 6.45) is 0. The number of amidine groups is 1. The van der Waals surface area contributed by atoms with E-state index in [9.17, 15) is 14.7 Å². The van der Waals surface area contributed by atoms with E-state index in [0.29, 0.717) is 11.3 Å². The van der Waals surface area contributed by atoms with Gasteiger partial charge in [0.05, 0.1) is 0 Å². The number of nitrogens with one attached hydrogen (secondary N) is 3. The molecular weight excluding hydrogens is 308 g/mol. The molecule has 0 aliphatic heterocycles. The van der Waals surface area contributed by atoms with Crippen LogP contribution in [0.1, 0.15) is 15.9 Å². The van der Waals surface area contributed by atoms with Crippen LogP contribution in [0.2, 0.25) is 0 Å². The van der Waals surface area contributed by atoms with Gasteiger partial charge in [-0.05, 0) is 36.5 Å². The second-order valence-electron chi connectivity index (χ2n) is 4.18. The van der Waals surface area contributed by atoms with E-state index in [0.717, 1.165) is 0 Å². The fraction of sp³-hybridized carbons (Fsp3) is 0. The second kappa shape index (κ2) is 6.10. The molecule has 1 heterocycles. The highest BCUT2D eigenvalue weighted by atomic mass is 32.1. The zero-order chi connectivity index (χ0) is 16.3. The lowest BCUT2D eigenvalue weighted by atomic mass is 10.2. The third-order valence-corrected chi connectivity index (χ3v) is 2.93. The molecule has 0 aliphatic rings. The molecule has 0 bridgehead atoms. The summed E-state index contributed by atoms with van der Waals surface area (Å²) in [5, 5.41) is 15.4. The molecule has 0 radical (unpaired) electrons. The quantitative estimate of drug-likeness (QED) is 0.153. The molecule has 8 N–H and O–H groups in total. The summed E-state index contributed by atoms with van der Waals surface area (Å²) in [6, 6.07) is 6.26. The van der Waals surface area contributed by atoms with E-state index in [-0.39, 0.29) is 10.6 Å². The molecule has 9 nitrogen and oxygen atoms in total. The van der Waals surface area contributed by atoms with E-state index in [1.54, 1.807) is 24.3 Å². The van der Waals surface area contributed by atoms with Crippen LogP contribution in [0.15, 0.2) is 34.2 Å². The fourth-order valence-corrected chi connectivity index (χ4v) is 1.87. The maximum absolute atomic E-state index is 12.0. The lowest BCUT2D eigenvalue weighted by Crippen LogP contribution is -2.24. The normalized spacial score (nSPS) is 11.2. The Hall–Kier alpha value is -3.14. The number of benzene rings is 1. The van der Waals surface area contributed by atoms with Gasteiger partial charge in [-0.1, -0.05) is 0 Å². The Bertz CT molecular complexity index is 852. The van der Waals surface area contributed by atoms with Crippen LogP contribution < -0.4 is 22.5 Å². The van der Waals surface area contributed by atoms with Crippen molar-refractivity contribution < 1.29 is 9.90 Å². The van der Waals surface area contributed by atoms with Crippen LogP contribution in [-0.4, -0.2) is 26.8 Å². The number of carbonyl (C=O) groups is 1. The molecule has 0 spiro atoms. The number of aromatic hydroxyl groups is 1. The number of anilines is 1. The van der Waals surface area contributed by atoms with Crippen molar-refractivity contribution in [2.45, 2.75) is 0 Å². The number of amides is 1. The summed E-state index contributed by atoms with van der Waals surface area (Å²) in [7, 11) is 0. The van der Waals surface area contributed by atoms with Crippen molar-refractivity contribution in [3.05, 3.63) is 50.5 Å². The molecule has 0 fully saturated rings. The molecule has 0 saturated heterocycles. The molecule has 2 aromatic rings. The van der Waals surface area contributed by atoms with Gasteiger partial charge in [0.15, 0.2) is 10.3 Å². The second-order valence-corrected chi connectivity index (χ2v) is 4.59. The van der Waals surface area contributed by atoms with Gasteiger partial charge < -0.3 is 27.0 Å². The summed E-state index contributed by atoms with van der Waals surface area (Å²) < 4.78 is -0.0834. The third kappa shape index (κ3) is 3.12. The first kappa shape index (κ1) is 15.3. The predicted molar refractivity (Wildman–Crippen MR) is 83.2 cm³/mol. The smallest absolute Gasteiger partial charge is 0.268 e. The molecule has 0 saturated carbocycles. The first-order valence-electron chi connectivity index (χ1n) is 5.93. The monoisotopic (exact) mass is 320 g/mol. The maximum Gasteiger partial charge on any atom is 0.268 e. The molecule has 0 unspecified atom stereocenters. The van der Waals surface area contributed by atoms with Crippen molar-refractivity contribution in [3.8, 4) is 5.88 Å². The largest absolute Gasteiger partial charge is 0.494 e. The lowest BCUT2D eigenvalue weighted by molar-refractivity contribution is 0.102. The van der Waals surface area contributed by atoms with Crippen molar-refractivity contribution in [1.82, 2.24) is 9.97 Å². The number of H-pyrrole nitrogens is 2. The van der Waals surface area contributed by atoms with Crippen LogP contribution in [0.25, 0.3) is 0 Å². The van der Waals surface area contributed by atoms with Gasteiger partial charge in [-0.3, -0.25) is 14.6 Å². The molecule has 114 valence electrons. The SMILES string of the molecule is NN=C(N)c1ccc(NC(=O)c2c(O)[nH]c(=S)[nH]c2=O)cc1. The van der Waals surface area contributed by atoms with E-state index in [2.05, 4.69) is 32.6 Å². The molecular formula is C12H12N6O3S. The molecule has 2 rings (SSSR count). The predicted octanol–water partition coefficient (Wildman–Crippen LogP) is -0.0306. The molecule has 22 heavy (non-hydrogen) atoms. The summed E-state index contributed by atoms with van der Waals surface area (Å²) in [4.78, 5) is 28.2. The number of carbonyl (C=O) groups excluding carboxylic acids is 1. The van der Waals surface area contributed by atoms with Crippen LogP contribution in [0, 0.1) is 4.77 Å². The highest BCUT2D eigenvalue weighted by molar-refractivity contribution is 7.71. The zero-order valence-corrected chi connectivity index (χ0v) is 11.9. The Morgan fingerprint density at radius 3 is 2.45 bits per heavy atom. The van der Waals surface area contributed by atoms with Crippen LogP contribution in [0.4, 0.5) is 5.69 Å². The zero-order valence-electron chi connectivity index (χ0n) is 11.1. The number of hydrazone groups is 1. The van der Waals surface area contributed by atoms with Crippen molar-refractivity contribution in [2.75, 3.05) is 5.32 Å². The van der Waals surface area contributed by atoms with Crippen LogP contribution in [0.3, 0.4) is 0 Å². The van der Waals surface area contributed by atoms with Crippen LogP contribution in [-0.2, 0) is 0 Å². The number of aromatic amines is 2. The number of nitrogens with two attached hydrogens (primary N) is 2. The number of hydrogen-bond donors (Lipinski definition) is 6. The van der Waals surface area contributed by atoms with E-state index in [1.165, 1.54) is 0 Å². The van der Waals surface area contributed by atoms with E-state index >= 15 is 0 Å². The van der Waals surface area contributed by atoms with Gasteiger partial charge in [0, 0.05) is 11.3 Å². The molecule has 0 atom stereocenters. The third-order valence-electron chi connectivity index (χ3n) is 2.73. The van der Waals surface area contributed by atoms with Crippen LogP contribution >= 0.6 is 12.2 Å². The van der Waals surface area contributed by atoms with E-state index in [4.69, 9.17) is 11.6 Å². The first-order chi connectivity index (χ1) is 10.4. The number of hydrogen-bond acceptors (Lipinski definition) is 6. The molecule has 10 heteroatoms. The Labute approximate surface area is 128 Å². The van der Waals surface area contributed by atoms with Crippen molar-refractivity contribution in [3.63, 3.8) is 0 Å².